The first-order valence-corrected chi connectivity index (χ1v) is 6.63. The molecule has 3 unspecified atom stereocenters. The van der Waals surface area contributed by atoms with Gasteiger partial charge < -0.3 is 10.8 Å². The highest BCUT2D eigenvalue weighted by Crippen LogP contribution is 2.61. The predicted octanol–water partition coefficient (Wildman–Crippen LogP) is 1.91. The van der Waals surface area contributed by atoms with Gasteiger partial charge in [0.2, 0.25) is 0 Å². The van der Waals surface area contributed by atoms with Crippen LogP contribution >= 0.6 is 0 Å². The summed E-state index contributed by atoms with van der Waals surface area (Å²) in [5, 5.41) is 9.35. The molecular formula is C13H23NO. The Morgan fingerprint density at radius 3 is 2.80 bits per heavy atom. The van der Waals surface area contributed by atoms with E-state index < -0.39 is 0 Å². The Balaban J connectivity index is 1.83. The summed E-state index contributed by atoms with van der Waals surface area (Å²) in [6.07, 6.45) is 9.25. The van der Waals surface area contributed by atoms with Gasteiger partial charge in [0.05, 0.1) is 0 Å². The van der Waals surface area contributed by atoms with Crippen molar-refractivity contribution in [3.05, 3.63) is 0 Å². The normalized spacial score (nSPS) is 54.0. The molecule has 2 bridgehead atoms. The number of aliphatic hydroxyl groups excluding tert-OH is 1. The van der Waals surface area contributed by atoms with Gasteiger partial charge in [-0.25, -0.2) is 0 Å². The summed E-state index contributed by atoms with van der Waals surface area (Å²) >= 11 is 0. The lowest BCUT2D eigenvalue weighted by Crippen LogP contribution is -2.49. The molecule has 0 aliphatic heterocycles. The van der Waals surface area contributed by atoms with Crippen molar-refractivity contribution in [1.29, 1.82) is 0 Å². The van der Waals surface area contributed by atoms with Crippen LogP contribution in [0.3, 0.4) is 0 Å². The average Bonchev–Trinajstić information content (AvgIpc) is 2.84. The zero-order valence-electron chi connectivity index (χ0n) is 9.49. The zero-order chi connectivity index (χ0) is 10.5. The molecule has 3 N–H and O–H groups in total. The maximum absolute atomic E-state index is 9.35. The minimum Gasteiger partial charge on any atom is -0.396 e. The van der Waals surface area contributed by atoms with Crippen LogP contribution in [0.1, 0.15) is 44.9 Å². The summed E-state index contributed by atoms with van der Waals surface area (Å²) in [4.78, 5) is 0. The first-order chi connectivity index (χ1) is 7.26. The molecule has 3 saturated carbocycles. The first kappa shape index (κ1) is 10.1. The molecule has 0 amide bonds. The van der Waals surface area contributed by atoms with E-state index in [0.29, 0.717) is 24.0 Å². The van der Waals surface area contributed by atoms with Crippen LogP contribution in [0.15, 0.2) is 0 Å². The summed E-state index contributed by atoms with van der Waals surface area (Å²) < 4.78 is 0. The molecule has 1 spiro atoms. The van der Waals surface area contributed by atoms with Gasteiger partial charge in [-0.2, -0.15) is 0 Å². The van der Waals surface area contributed by atoms with Gasteiger partial charge in [-0.15, -0.1) is 0 Å². The van der Waals surface area contributed by atoms with Crippen molar-refractivity contribution >= 4 is 0 Å². The summed E-state index contributed by atoms with van der Waals surface area (Å²) in [7, 11) is 0. The predicted molar refractivity (Wildman–Crippen MR) is 60.3 cm³/mol. The van der Waals surface area contributed by atoms with E-state index in [2.05, 4.69) is 0 Å². The van der Waals surface area contributed by atoms with Crippen molar-refractivity contribution in [1.82, 2.24) is 0 Å². The van der Waals surface area contributed by atoms with Crippen LogP contribution < -0.4 is 5.73 Å². The Kier molecular flexibility index (Phi) is 2.33. The third-order valence-corrected chi connectivity index (χ3v) is 5.64. The lowest BCUT2D eigenvalue weighted by Gasteiger charge is -2.47. The van der Waals surface area contributed by atoms with Gasteiger partial charge in [-0.1, -0.05) is 6.42 Å². The maximum atomic E-state index is 9.35. The van der Waals surface area contributed by atoms with E-state index >= 15 is 0 Å². The Morgan fingerprint density at radius 2 is 2.13 bits per heavy atom. The number of aliphatic hydroxyl groups is 1. The Morgan fingerprint density at radius 1 is 1.27 bits per heavy atom. The molecule has 5 atom stereocenters. The lowest BCUT2D eigenvalue weighted by molar-refractivity contribution is 0.0292. The van der Waals surface area contributed by atoms with E-state index in [9.17, 15) is 5.11 Å². The molecule has 2 nitrogen and oxygen atoms in total. The van der Waals surface area contributed by atoms with Crippen LogP contribution in [0.25, 0.3) is 0 Å². The van der Waals surface area contributed by atoms with Gasteiger partial charge in [-0.3, -0.25) is 0 Å². The van der Waals surface area contributed by atoms with Gasteiger partial charge in [0, 0.05) is 12.6 Å². The second-order valence-electron chi connectivity index (χ2n) is 6.17. The molecule has 0 radical (unpaired) electrons. The van der Waals surface area contributed by atoms with Gasteiger partial charge in [-0.05, 0) is 61.7 Å². The van der Waals surface area contributed by atoms with Crippen LogP contribution in [0, 0.1) is 23.2 Å². The van der Waals surface area contributed by atoms with Crippen LogP contribution in [0.5, 0.6) is 0 Å². The summed E-state index contributed by atoms with van der Waals surface area (Å²) in [6, 6.07) is 0.450. The SMILES string of the molecule is N[C@@H]1C2CCC(C2)[C@]12CCCC(CO)C2. The van der Waals surface area contributed by atoms with Crippen molar-refractivity contribution in [2.24, 2.45) is 28.9 Å². The average molecular weight is 209 g/mol. The molecular weight excluding hydrogens is 186 g/mol. The number of hydrogen-bond donors (Lipinski definition) is 2. The fourth-order valence-electron chi connectivity index (χ4n) is 4.90. The highest BCUT2D eigenvalue weighted by Gasteiger charge is 2.57. The Labute approximate surface area is 92.2 Å². The molecule has 0 aromatic carbocycles. The molecule has 3 aliphatic carbocycles. The first-order valence-electron chi connectivity index (χ1n) is 6.63. The second kappa shape index (κ2) is 3.46. The number of fused-ring (bicyclic) bond motifs is 3. The standard InChI is InChI=1S/C13H23NO/c14-12-10-3-4-11(6-10)13(12)5-1-2-9(7-13)8-15/h9-12,15H,1-8,14H2/t9?,10?,11?,12-,13-/m1/s1. The van der Waals surface area contributed by atoms with Gasteiger partial charge in [0.1, 0.15) is 0 Å². The van der Waals surface area contributed by atoms with Gasteiger partial charge >= 0.3 is 0 Å². The minimum absolute atomic E-state index is 0.381. The summed E-state index contributed by atoms with van der Waals surface area (Å²) in [5.41, 5.74) is 6.90. The van der Waals surface area contributed by atoms with E-state index in [0.717, 1.165) is 11.8 Å². The maximum Gasteiger partial charge on any atom is 0.0459 e. The van der Waals surface area contributed by atoms with Crippen molar-refractivity contribution in [3.8, 4) is 0 Å². The number of nitrogens with two attached hydrogens (primary N) is 1. The highest BCUT2D eigenvalue weighted by atomic mass is 16.3. The Bertz CT molecular complexity index is 251. The molecule has 0 aromatic rings. The highest BCUT2D eigenvalue weighted by molar-refractivity contribution is 5.09. The number of rotatable bonds is 1. The summed E-state index contributed by atoms with van der Waals surface area (Å²) in [5.74, 6) is 2.25. The fourth-order valence-corrected chi connectivity index (χ4v) is 4.90. The molecule has 0 saturated heterocycles. The molecule has 0 aromatic heterocycles. The molecule has 15 heavy (non-hydrogen) atoms. The van der Waals surface area contributed by atoms with Crippen molar-refractivity contribution in [3.63, 3.8) is 0 Å². The second-order valence-corrected chi connectivity index (χ2v) is 6.17. The minimum atomic E-state index is 0.381. The van der Waals surface area contributed by atoms with Crippen LogP contribution in [-0.4, -0.2) is 17.8 Å². The number of hydrogen-bond acceptors (Lipinski definition) is 2. The van der Waals surface area contributed by atoms with Crippen LogP contribution in [0.2, 0.25) is 0 Å². The van der Waals surface area contributed by atoms with Crippen LogP contribution in [-0.2, 0) is 0 Å². The zero-order valence-corrected chi connectivity index (χ0v) is 9.49. The monoisotopic (exact) mass is 209 g/mol. The molecule has 0 heterocycles. The summed E-state index contributed by atoms with van der Waals surface area (Å²) in [6.45, 7) is 0.381. The third kappa shape index (κ3) is 1.31. The van der Waals surface area contributed by atoms with Crippen molar-refractivity contribution in [2.75, 3.05) is 6.61 Å². The fraction of sp³-hybridized carbons (Fsp3) is 1.00. The van der Waals surface area contributed by atoms with E-state index in [-0.39, 0.29) is 0 Å². The van der Waals surface area contributed by atoms with E-state index in [4.69, 9.17) is 5.73 Å². The van der Waals surface area contributed by atoms with E-state index in [1.807, 2.05) is 0 Å². The molecule has 3 aliphatic rings. The Hall–Kier alpha value is -0.0800. The molecule has 86 valence electrons. The lowest BCUT2D eigenvalue weighted by atomic mass is 9.60. The smallest absolute Gasteiger partial charge is 0.0459 e. The molecule has 3 fully saturated rings. The molecule has 2 heteroatoms. The van der Waals surface area contributed by atoms with Crippen molar-refractivity contribution < 1.29 is 5.11 Å². The van der Waals surface area contributed by atoms with Gasteiger partial charge in [0.15, 0.2) is 0 Å². The van der Waals surface area contributed by atoms with Crippen LogP contribution in [0.4, 0.5) is 0 Å². The quantitative estimate of drug-likeness (QED) is 0.693. The largest absolute Gasteiger partial charge is 0.396 e. The topological polar surface area (TPSA) is 46.2 Å². The van der Waals surface area contributed by atoms with E-state index in [1.54, 1.807) is 0 Å². The third-order valence-electron chi connectivity index (χ3n) is 5.64. The van der Waals surface area contributed by atoms with Crippen molar-refractivity contribution in [2.45, 2.75) is 51.0 Å². The molecule has 3 rings (SSSR count). The van der Waals surface area contributed by atoms with Gasteiger partial charge in [0.25, 0.3) is 0 Å². The van der Waals surface area contributed by atoms with E-state index in [1.165, 1.54) is 44.9 Å².